The van der Waals surface area contributed by atoms with Gasteiger partial charge in [0.15, 0.2) is 0 Å². The number of rotatable bonds is 2. The van der Waals surface area contributed by atoms with Crippen LogP contribution < -0.4 is 5.73 Å². The minimum absolute atomic E-state index is 0.452. The summed E-state index contributed by atoms with van der Waals surface area (Å²) in [5, 5.41) is 0. The lowest BCUT2D eigenvalue weighted by Crippen LogP contribution is -2.05. The fraction of sp³-hybridized carbons (Fsp3) is 0.250. The summed E-state index contributed by atoms with van der Waals surface area (Å²) in [5.74, 6) is 0. The molecule has 0 saturated carbocycles. The number of hydrogen-bond acceptors (Lipinski definition) is 1. The molecular weight excluding hydrogens is 263 g/mol. The lowest BCUT2D eigenvalue weighted by atomic mass is 9.94. The van der Waals surface area contributed by atoms with E-state index in [2.05, 4.69) is 0 Å². The molecule has 0 heterocycles. The lowest BCUT2D eigenvalue weighted by molar-refractivity contribution is -0.137. The highest BCUT2D eigenvalue weighted by atomic mass is 19.4. The van der Waals surface area contributed by atoms with Gasteiger partial charge in [-0.25, -0.2) is 0 Å². The van der Waals surface area contributed by atoms with Crippen molar-refractivity contribution in [3.63, 3.8) is 0 Å². The molecule has 106 valence electrons. The van der Waals surface area contributed by atoms with E-state index in [1.54, 1.807) is 6.92 Å². The quantitative estimate of drug-likeness (QED) is 0.863. The number of aryl methyl sites for hydroxylation is 2. The van der Waals surface area contributed by atoms with Crippen molar-refractivity contribution >= 4 is 0 Å². The van der Waals surface area contributed by atoms with Crippen molar-refractivity contribution in [2.45, 2.75) is 26.6 Å². The van der Waals surface area contributed by atoms with E-state index in [4.69, 9.17) is 5.73 Å². The first-order valence-corrected chi connectivity index (χ1v) is 6.30. The molecule has 0 aromatic heterocycles. The Morgan fingerprint density at radius 2 is 1.45 bits per heavy atom. The maximum absolute atomic E-state index is 12.7. The number of benzene rings is 2. The summed E-state index contributed by atoms with van der Waals surface area (Å²) in [6, 6.07) is 9.62. The number of halogens is 3. The molecule has 0 aliphatic heterocycles. The van der Waals surface area contributed by atoms with Crippen LogP contribution in [-0.4, -0.2) is 0 Å². The topological polar surface area (TPSA) is 26.0 Å². The van der Waals surface area contributed by atoms with Crippen molar-refractivity contribution in [2.24, 2.45) is 5.73 Å². The molecule has 1 nitrogen and oxygen atoms in total. The summed E-state index contributed by atoms with van der Waals surface area (Å²) in [7, 11) is 0. The van der Waals surface area contributed by atoms with Gasteiger partial charge in [0.1, 0.15) is 0 Å². The zero-order valence-corrected chi connectivity index (χ0v) is 11.4. The van der Waals surface area contributed by atoms with Crippen molar-refractivity contribution < 1.29 is 13.2 Å². The van der Waals surface area contributed by atoms with Crippen molar-refractivity contribution in [3.8, 4) is 11.1 Å². The van der Waals surface area contributed by atoms with E-state index in [1.807, 2.05) is 25.1 Å². The fourth-order valence-electron chi connectivity index (χ4n) is 2.30. The van der Waals surface area contributed by atoms with E-state index in [1.165, 1.54) is 12.1 Å². The summed E-state index contributed by atoms with van der Waals surface area (Å²) in [6.45, 7) is 4.08. The van der Waals surface area contributed by atoms with E-state index in [-0.39, 0.29) is 0 Å². The van der Waals surface area contributed by atoms with Gasteiger partial charge in [-0.15, -0.1) is 0 Å². The molecule has 0 saturated heterocycles. The van der Waals surface area contributed by atoms with Crippen LogP contribution in [0.15, 0.2) is 36.4 Å². The molecule has 0 unspecified atom stereocenters. The highest BCUT2D eigenvalue weighted by Gasteiger charge is 2.30. The number of alkyl halides is 3. The molecule has 2 aromatic carbocycles. The first kappa shape index (κ1) is 14.6. The van der Waals surface area contributed by atoms with Crippen LogP contribution >= 0.6 is 0 Å². The van der Waals surface area contributed by atoms with Gasteiger partial charge < -0.3 is 5.73 Å². The lowest BCUT2D eigenvalue weighted by Gasteiger charge is -2.13. The second kappa shape index (κ2) is 5.29. The van der Waals surface area contributed by atoms with Gasteiger partial charge in [-0.2, -0.15) is 13.2 Å². The second-order valence-electron chi connectivity index (χ2n) is 4.88. The molecule has 0 aliphatic rings. The maximum Gasteiger partial charge on any atom is 0.416 e. The number of nitrogens with two attached hydrogens (primary N) is 1. The van der Waals surface area contributed by atoms with Crippen LogP contribution in [0.2, 0.25) is 0 Å². The minimum atomic E-state index is -4.30. The molecule has 4 heteroatoms. The van der Waals surface area contributed by atoms with E-state index in [0.29, 0.717) is 12.1 Å². The predicted octanol–water partition coefficient (Wildman–Crippen LogP) is 4.45. The maximum atomic E-state index is 12.7. The summed E-state index contributed by atoms with van der Waals surface area (Å²) in [5.41, 5.74) is 9.36. The van der Waals surface area contributed by atoms with E-state index < -0.39 is 11.7 Å². The van der Waals surface area contributed by atoms with Gasteiger partial charge in [0.05, 0.1) is 5.56 Å². The van der Waals surface area contributed by atoms with Crippen LogP contribution in [0.1, 0.15) is 22.3 Å². The third-order valence-corrected chi connectivity index (χ3v) is 3.37. The van der Waals surface area contributed by atoms with Crippen molar-refractivity contribution in [1.82, 2.24) is 0 Å². The van der Waals surface area contributed by atoms with Crippen LogP contribution in [0.25, 0.3) is 11.1 Å². The summed E-state index contributed by atoms with van der Waals surface area (Å²) < 4.78 is 38.0. The Bertz CT molecular complexity index is 630. The van der Waals surface area contributed by atoms with Gasteiger partial charge in [0.2, 0.25) is 0 Å². The monoisotopic (exact) mass is 279 g/mol. The Hall–Kier alpha value is -1.81. The molecule has 0 amide bonds. The summed E-state index contributed by atoms with van der Waals surface area (Å²) in [4.78, 5) is 0. The predicted molar refractivity (Wildman–Crippen MR) is 74.2 cm³/mol. The third-order valence-electron chi connectivity index (χ3n) is 3.37. The molecule has 0 bridgehead atoms. The Morgan fingerprint density at radius 3 is 1.90 bits per heavy atom. The van der Waals surface area contributed by atoms with E-state index in [9.17, 15) is 13.2 Å². The molecule has 2 rings (SSSR count). The van der Waals surface area contributed by atoms with Crippen LogP contribution in [0.4, 0.5) is 13.2 Å². The smallest absolute Gasteiger partial charge is 0.326 e. The van der Waals surface area contributed by atoms with Gasteiger partial charge in [-0.1, -0.05) is 24.3 Å². The minimum Gasteiger partial charge on any atom is -0.326 e. The molecule has 20 heavy (non-hydrogen) atoms. The van der Waals surface area contributed by atoms with Gasteiger partial charge in [-0.05, 0) is 53.8 Å². The average molecular weight is 279 g/mol. The highest BCUT2D eigenvalue weighted by molar-refractivity contribution is 5.71. The van der Waals surface area contributed by atoms with E-state index in [0.717, 1.165) is 28.3 Å². The first-order chi connectivity index (χ1) is 9.32. The van der Waals surface area contributed by atoms with Crippen LogP contribution in [-0.2, 0) is 12.7 Å². The highest BCUT2D eigenvalue weighted by Crippen LogP contribution is 2.34. The Morgan fingerprint density at radius 1 is 0.900 bits per heavy atom. The van der Waals surface area contributed by atoms with Crippen LogP contribution in [0.5, 0.6) is 0 Å². The molecule has 0 fully saturated rings. The van der Waals surface area contributed by atoms with Crippen molar-refractivity contribution in [1.29, 1.82) is 0 Å². The first-order valence-electron chi connectivity index (χ1n) is 6.30. The molecule has 2 aromatic rings. The molecular formula is C16H16F3N. The second-order valence-corrected chi connectivity index (χ2v) is 4.88. The summed E-state index contributed by atoms with van der Waals surface area (Å²) >= 11 is 0. The van der Waals surface area contributed by atoms with Crippen molar-refractivity contribution in [3.05, 3.63) is 58.7 Å². The normalized spacial score (nSPS) is 11.7. The zero-order valence-electron chi connectivity index (χ0n) is 11.4. The van der Waals surface area contributed by atoms with Crippen LogP contribution in [0, 0.1) is 13.8 Å². The molecule has 0 radical (unpaired) electrons. The molecule has 0 spiro atoms. The van der Waals surface area contributed by atoms with Gasteiger partial charge in [-0.3, -0.25) is 0 Å². The standard InChI is InChI=1S/C16H16F3N/c1-10-7-12(9-20)3-5-14(10)15-6-4-13(8-11(15)2)16(17,18)19/h3-8H,9,20H2,1-2H3. The Balaban J connectivity index is 2.49. The van der Waals surface area contributed by atoms with E-state index >= 15 is 0 Å². The molecule has 0 atom stereocenters. The number of hydrogen-bond donors (Lipinski definition) is 1. The summed E-state index contributed by atoms with van der Waals surface area (Å²) in [6.07, 6.45) is -4.30. The van der Waals surface area contributed by atoms with Gasteiger partial charge >= 0.3 is 6.18 Å². The van der Waals surface area contributed by atoms with Gasteiger partial charge in [0, 0.05) is 6.54 Å². The average Bonchev–Trinajstić information content (AvgIpc) is 2.38. The SMILES string of the molecule is Cc1cc(CN)ccc1-c1ccc(C(F)(F)F)cc1C. The largest absolute Gasteiger partial charge is 0.416 e. The fourth-order valence-corrected chi connectivity index (χ4v) is 2.30. The third kappa shape index (κ3) is 2.85. The Labute approximate surface area is 116 Å². The zero-order chi connectivity index (χ0) is 14.9. The molecule has 2 N–H and O–H groups in total. The Kier molecular flexibility index (Phi) is 3.86. The van der Waals surface area contributed by atoms with Crippen LogP contribution in [0.3, 0.4) is 0 Å². The van der Waals surface area contributed by atoms with Crippen molar-refractivity contribution in [2.75, 3.05) is 0 Å². The molecule has 0 aliphatic carbocycles. The van der Waals surface area contributed by atoms with Gasteiger partial charge in [0.25, 0.3) is 0 Å².